The van der Waals surface area contributed by atoms with E-state index in [1.807, 2.05) is 26.0 Å². The van der Waals surface area contributed by atoms with E-state index in [0.717, 1.165) is 0 Å². The molecule has 11 nitrogen and oxygen atoms in total. The number of likely N-dealkylation sites (N-methyl/N-ethyl adjacent to an activating group) is 1. The standard InChI is InChI=1S/C34H39N5O6/c1-21(2)30(33(42)44-6)37-29(40)20-39(5)27-15-13-24(14-16-27)28(26(18-35)19-36)17-10-23-8-11-25(12-9-23)32(41)38-31(22(3)4)34(43)45-7/h8-17,21-22,30-31H,20H2,1-7H3,(H,37,40)(H,38,41)/b17-10+/t30-,31-/m0/s1. The van der Waals surface area contributed by atoms with Gasteiger partial charge in [0.2, 0.25) is 5.91 Å². The molecule has 0 saturated heterocycles. The molecule has 2 N–H and O–H groups in total. The zero-order valence-electron chi connectivity index (χ0n) is 26.6. The van der Waals surface area contributed by atoms with Crippen molar-refractivity contribution in [2.24, 2.45) is 11.8 Å². The van der Waals surface area contributed by atoms with Crippen LogP contribution in [0.25, 0.3) is 11.6 Å². The predicted molar refractivity (Wildman–Crippen MR) is 170 cm³/mol. The van der Waals surface area contributed by atoms with E-state index in [1.165, 1.54) is 14.2 Å². The van der Waals surface area contributed by atoms with Crippen molar-refractivity contribution in [2.45, 2.75) is 39.8 Å². The summed E-state index contributed by atoms with van der Waals surface area (Å²) in [6, 6.07) is 16.0. The third kappa shape index (κ3) is 10.1. The van der Waals surface area contributed by atoms with Crippen molar-refractivity contribution < 1.29 is 28.7 Å². The van der Waals surface area contributed by atoms with E-state index >= 15 is 0 Å². The second-order valence-corrected chi connectivity index (χ2v) is 10.9. The van der Waals surface area contributed by atoms with Crippen LogP contribution in [0.5, 0.6) is 0 Å². The number of carbonyl (C=O) groups is 4. The number of nitrogens with zero attached hydrogens (tertiary/aromatic N) is 3. The molecule has 0 heterocycles. The van der Waals surface area contributed by atoms with Crippen LogP contribution in [-0.2, 0) is 23.9 Å². The van der Waals surface area contributed by atoms with Gasteiger partial charge in [-0.25, -0.2) is 9.59 Å². The van der Waals surface area contributed by atoms with E-state index in [2.05, 4.69) is 10.6 Å². The molecule has 0 aliphatic heterocycles. The van der Waals surface area contributed by atoms with Crippen molar-refractivity contribution in [3.8, 4) is 12.1 Å². The normalized spacial score (nSPS) is 12.0. The number of anilines is 1. The van der Waals surface area contributed by atoms with Gasteiger partial charge >= 0.3 is 11.9 Å². The van der Waals surface area contributed by atoms with Crippen LogP contribution in [0.2, 0.25) is 0 Å². The van der Waals surface area contributed by atoms with E-state index < -0.39 is 29.9 Å². The Hall–Kier alpha value is -5.42. The number of hydrogen-bond donors (Lipinski definition) is 2. The second kappa shape index (κ2) is 17.0. The molecule has 2 aromatic carbocycles. The Balaban J connectivity index is 2.21. The van der Waals surface area contributed by atoms with E-state index in [4.69, 9.17) is 9.47 Å². The SMILES string of the molecule is COC(=O)[C@@H](NC(=O)CN(C)c1ccc(C(/C=C/c2ccc(C(=O)N[C@H](C(=O)OC)C(C)C)cc2)=C(C#N)C#N)cc1)C(C)C. The van der Waals surface area contributed by atoms with Gasteiger partial charge in [0.05, 0.1) is 20.8 Å². The number of amides is 2. The zero-order valence-corrected chi connectivity index (χ0v) is 26.6. The Bertz CT molecular complexity index is 1500. The number of allylic oxidation sites excluding steroid dienone is 3. The summed E-state index contributed by atoms with van der Waals surface area (Å²) in [5.41, 5.74) is 2.67. The molecule has 0 aliphatic rings. The van der Waals surface area contributed by atoms with Crippen LogP contribution in [0.4, 0.5) is 5.69 Å². The van der Waals surface area contributed by atoms with Gasteiger partial charge in [-0.3, -0.25) is 9.59 Å². The molecule has 0 unspecified atom stereocenters. The average Bonchev–Trinajstić information content (AvgIpc) is 3.03. The number of rotatable bonds is 13. The van der Waals surface area contributed by atoms with Crippen LogP contribution in [0.15, 0.2) is 60.2 Å². The van der Waals surface area contributed by atoms with Crippen molar-refractivity contribution in [1.29, 1.82) is 10.5 Å². The van der Waals surface area contributed by atoms with E-state index in [-0.39, 0.29) is 29.9 Å². The summed E-state index contributed by atoms with van der Waals surface area (Å²) in [6.45, 7) is 7.22. The lowest BCUT2D eigenvalue weighted by atomic mass is 9.99. The molecule has 45 heavy (non-hydrogen) atoms. The topological polar surface area (TPSA) is 162 Å². The van der Waals surface area contributed by atoms with Crippen LogP contribution < -0.4 is 15.5 Å². The Morgan fingerprint density at radius 1 is 0.800 bits per heavy atom. The molecule has 2 atom stereocenters. The third-order valence-corrected chi connectivity index (χ3v) is 6.95. The molecule has 0 spiro atoms. The molecular formula is C34H39N5O6. The van der Waals surface area contributed by atoms with Gasteiger partial charge in [0, 0.05) is 23.9 Å². The summed E-state index contributed by atoms with van der Waals surface area (Å²) in [4.78, 5) is 51.0. The first-order chi connectivity index (χ1) is 21.4. The molecule has 0 radical (unpaired) electrons. The molecule has 2 amide bonds. The van der Waals surface area contributed by atoms with Gasteiger partial charge in [0.1, 0.15) is 29.8 Å². The smallest absolute Gasteiger partial charge is 0.328 e. The highest BCUT2D eigenvalue weighted by Gasteiger charge is 2.26. The number of esters is 2. The van der Waals surface area contributed by atoms with Crippen LogP contribution in [-0.4, -0.2) is 63.6 Å². The zero-order chi connectivity index (χ0) is 33.7. The van der Waals surface area contributed by atoms with Crippen molar-refractivity contribution >= 4 is 41.1 Å². The fourth-order valence-corrected chi connectivity index (χ4v) is 4.29. The molecule has 0 bridgehead atoms. The number of nitriles is 2. The Morgan fingerprint density at radius 2 is 1.29 bits per heavy atom. The molecule has 0 saturated carbocycles. The van der Waals surface area contributed by atoms with Gasteiger partial charge in [0.25, 0.3) is 5.91 Å². The van der Waals surface area contributed by atoms with Crippen LogP contribution >= 0.6 is 0 Å². The minimum Gasteiger partial charge on any atom is -0.467 e. The minimum absolute atomic E-state index is 0.0152. The molecule has 0 aliphatic carbocycles. The molecular weight excluding hydrogens is 574 g/mol. The number of nitrogens with one attached hydrogen (secondary N) is 2. The highest BCUT2D eigenvalue weighted by Crippen LogP contribution is 2.24. The van der Waals surface area contributed by atoms with Crippen LogP contribution in [0.1, 0.15) is 49.2 Å². The molecule has 11 heteroatoms. The lowest BCUT2D eigenvalue weighted by Gasteiger charge is -2.23. The summed E-state index contributed by atoms with van der Waals surface area (Å²) in [5.74, 6) is -2.11. The first kappa shape index (κ1) is 35.8. The maximum atomic E-state index is 12.7. The van der Waals surface area contributed by atoms with Gasteiger partial charge in [-0.1, -0.05) is 64.1 Å². The molecule has 236 valence electrons. The predicted octanol–water partition coefficient (Wildman–Crippen LogP) is 3.88. The fraction of sp³-hybridized carbons (Fsp3) is 0.353. The van der Waals surface area contributed by atoms with Crippen LogP contribution in [0.3, 0.4) is 0 Å². The maximum Gasteiger partial charge on any atom is 0.328 e. The number of hydrogen-bond acceptors (Lipinski definition) is 9. The molecule has 0 aromatic heterocycles. The van der Waals surface area contributed by atoms with Crippen molar-refractivity contribution in [3.05, 3.63) is 76.9 Å². The van der Waals surface area contributed by atoms with Gasteiger partial charge < -0.3 is 25.0 Å². The summed E-state index contributed by atoms with van der Waals surface area (Å²) in [6.07, 6.45) is 3.36. The highest BCUT2D eigenvalue weighted by molar-refractivity contribution is 5.97. The first-order valence-corrected chi connectivity index (χ1v) is 14.3. The van der Waals surface area contributed by atoms with Crippen molar-refractivity contribution in [1.82, 2.24) is 10.6 Å². The van der Waals surface area contributed by atoms with Crippen molar-refractivity contribution in [3.63, 3.8) is 0 Å². The quantitative estimate of drug-likeness (QED) is 0.194. The second-order valence-electron chi connectivity index (χ2n) is 10.9. The van der Waals surface area contributed by atoms with Gasteiger partial charge in [-0.05, 0) is 47.2 Å². The molecule has 2 rings (SSSR count). The van der Waals surface area contributed by atoms with E-state index in [1.54, 1.807) is 86.5 Å². The van der Waals surface area contributed by atoms with E-state index in [9.17, 15) is 29.7 Å². The van der Waals surface area contributed by atoms with E-state index in [0.29, 0.717) is 28.0 Å². The van der Waals surface area contributed by atoms with Crippen LogP contribution in [0, 0.1) is 34.5 Å². The Morgan fingerprint density at radius 3 is 1.76 bits per heavy atom. The largest absolute Gasteiger partial charge is 0.467 e. The number of methoxy groups -OCH3 is 2. The Kier molecular flexibility index (Phi) is 13.5. The lowest BCUT2D eigenvalue weighted by Crippen LogP contribution is -2.48. The summed E-state index contributed by atoms with van der Waals surface area (Å²) in [7, 11) is 4.27. The summed E-state index contributed by atoms with van der Waals surface area (Å²) in [5, 5.41) is 24.6. The summed E-state index contributed by atoms with van der Waals surface area (Å²) >= 11 is 0. The average molecular weight is 614 g/mol. The number of benzene rings is 2. The van der Waals surface area contributed by atoms with Gasteiger partial charge in [-0.15, -0.1) is 0 Å². The molecule has 0 fully saturated rings. The highest BCUT2D eigenvalue weighted by atomic mass is 16.5. The van der Waals surface area contributed by atoms with Gasteiger partial charge in [0.15, 0.2) is 0 Å². The minimum atomic E-state index is -0.780. The summed E-state index contributed by atoms with van der Waals surface area (Å²) < 4.78 is 9.55. The number of carbonyl (C=O) groups excluding carboxylic acids is 4. The monoisotopic (exact) mass is 613 g/mol. The fourth-order valence-electron chi connectivity index (χ4n) is 4.29. The number of ether oxygens (including phenoxy) is 2. The molecule has 2 aromatic rings. The van der Waals surface area contributed by atoms with Crippen molar-refractivity contribution in [2.75, 3.05) is 32.7 Å². The first-order valence-electron chi connectivity index (χ1n) is 14.3. The van der Waals surface area contributed by atoms with Gasteiger partial charge in [-0.2, -0.15) is 10.5 Å². The lowest BCUT2D eigenvalue weighted by molar-refractivity contribution is -0.146. The maximum absolute atomic E-state index is 12.7. The Labute approximate surface area is 264 Å². The third-order valence-electron chi connectivity index (χ3n) is 6.95.